The minimum absolute atomic E-state index is 0.145. The molecule has 0 bridgehead atoms. The van der Waals surface area contributed by atoms with E-state index in [4.69, 9.17) is 14.5 Å². The number of aromatic nitrogens is 3. The first-order chi connectivity index (χ1) is 13.2. The van der Waals surface area contributed by atoms with Crippen LogP contribution in [0.2, 0.25) is 0 Å². The van der Waals surface area contributed by atoms with Gasteiger partial charge in [-0.25, -0.2) is 15.0 Å². The van der Waals surface area contributed by atoms with Crippen molar-refractivity contribution >= 4 is 12.2 Å². The van der Waals surface area contributed by atoms with Crippen molar-refractivity contribution in [2.75, 3.05) is 13.9 Å². The van der Waals surface area contributed by atoms with Crippen LogP contribution in [0, 0.1) is 6.92 Å². The number of methoxy groups -OCH3 is 1. The first-order valence-electron chi connectivity index (χ1n) is 8.50. The molecule has 5 nitrogen and oxygen atoms in total. The molecular formula is C22H21N3O2. The summed E-state index contributed by atoms with van der Waals surface area (Å²) in [5.74, 6) is 1.19. The fraction of sp³-hybridized carbons (Fsp3) is 0.136. The molecule has 0 aliphatic carbocycles. The highest BCUT2D eigenvalue weighted by molar-refractivity contribution is 5.80. The third-order valence-electron chi connectivity index (χ3n) is 3.96. The Balaban J connectivity index is 2.24. The second-order valence-electron chi connectivity index (χ2n) is 5.81. The first-order valence-corrected chi connectivity index (χ1v) is 8.50. The summed E-state index contributed by atoms with van der Waals surface area (Å²) >= 11 is 0. The molecule has 0 unspecified atom stereocenters. The molecule has 0 radical (unpaired) electrons. The van der Waals surface area contributed by atoms with Crippen molar-refractivity contribution in [1.29, 1.82) is 0 Å². The van der Waals surface area contributed by atoms with E-state index in [1.165, 1.54) is 0 Å². The summed E-state index contributed by atoms with van der Waals surface area (Å²) in [6, 6.07) is 13.4. The van der Waals surface area contributed by atoms with Gasteiger partial charge in [0.1, 0.15) is 11.4 Å². The van der Waals surface area contributed by atoms with E-state index in [-0.39, 0.29) is 6.79 Å². The monoisotopic (exact) mass is 359 g/mol. The highest BCUT2D eigenvalue weighted by Crippen LogP contribution is 2.34. The van der Waals surface area contributed by atoms with E-state index in [1.54, 1.807) is 19.3 Å². The van der Waals surface area contributed by atoms with Crippen LogP contribution in [-0.4, -0.2) is 28.9 Å². The average Bonchev–Trinajstić information content (AvgIpc) is 2.71. The second-order valence-corrected chi connectivity index (χ2v) is 5.81. The van der Waals surface area contributed by atoms with Crippen molar-refractivity contribution in [3.05, 3.63) is 72.6 Å². The molecule has 3 aromatic rings. The van der Waals surface area contributed by atoms with E-state index in [0.717, 1.165) is 16.8 Å². The van der Waals surface area contributed by atoms with Gasteiger partial charge >= 0.3 is 0 Å². The van der Waals surface area contributed by atoms with Crippen molar-refractivity contribution in [2.24, 2.45) is 0 Å². The Hall–Kier alpha value is -3.31. The molecule has 0 spiro atoms. The van der Waals surface area contributed by atoms with Gasteiger partial charge in [-0.15, -0.1) is 0 Å². The molecule has 1 aromatic carbocycles. The molecule has 0 saturated carbocycles. The van der Waals surface area contributed by atoms with Gasteiger partial charge in [0.25, 0.3) is 0 Å². The zero-order chi connectivity index (χ0) is 19.2. The summed E-state index contributed by atoms with van der Waals surface area (Å²) in [6.07, 6.45) is 3.42. The predicted molar refractivity (Wildman–Crippen MR) is 108 cm³/mol. The van der Waals surface area contributed by atoms with Crippen LogP contribution in [0.5, 0.6) is 5.75 Å². The third-order valence-corrected chi connectivity index (χ3v) is 3.96. The van der Waals surface area contributed by atoms with Crippen molar-refractivity contribution in [1.82, 2.24) is 15.0 Å². The lowest BCUT2D eigenvalue weighted by molar-refractivity contribution is 0.0515. The van der Waals surface area contributed by atoms with Crippen LogP contribution < -0.4 is 4.74 Å². The minimum atomic E-state index is 0.145. The molecule has 0 amide bonds. The van der Waals surface area contributed by atoms with E-state index < -0.39 is 0 Å². The van der Waals surface area contributed by atoms with Gasteiger partial charge in [-0.2, -0.15) is 0 Å². The number of rotatable bonds is 7. The molecule has 27 heavy (non-hydrogen) atoms. The maximum atomic E-state index is 5.72. The molecule has 2 aromatic heterocycles. The van der Waals surface area contributed by atoms with Crippen LogP contribution in [0.15, 0.2) is 55.6 Å². The normalized spacial score (nSPS) is 10.4. The smallest absolute Gasteiger partial charge is 0.188 e. The zero-order valence-electron chi connectivity index (χ0n) is 15.5. The molecule has 0 N–H and O–H groups in total. The maximum Gasteiger partial charge on any atom is 0.188 e. The quantitative estimate of drug-likeness (QED) is 0.568. The van der Waals surface area contributed by atoms with Gasteiger partial charge in [0.05, 0.1) is 11.4 Å². The summed E-state index contributed by atoms with van der Waals surface area (Å²) < 4.78 is 10.8. The predicted octanol–water partition coefficient (Wildman–Crippen LogP) is 4.78. The largest absolute Gasteiger partial charge is 0.467 e. The molecule has 2 heterocycles. The van der Waals surface area contributed by atoms with Gasteiger partial charge in [-0.1, -0.05) is 37.4 Å². The van der Waals surface area contributed by atoms with Gasteiger partial charge in [0.15, 0.2) is 12.6 Å². The van der Waals surface area contributed by atoms with Crippen LogP contribution in [-0.2, 0) is 4.74 Å². The van der Waals surface area contributed by atoms with Crippen LogP contribution >= 0.6 is 0 Å². The summed E-state index contributed by atoms with van der Waals surface area (Å²) in [6.45, 7) is 9.89. The number of ether oxygens (including phenoxy) is 2. The molecular weight excluding hydrogens is 338 g/mol. The molecule has 136 valence electrons. The van der Waals surface area contributed by atoms with Gasteiger partial charge in [-0.05, 0) is 37.3 Å². The highest BCUT2D eigenvalue weighted by Gasteiger charge is 2.17. The van der Waals surface area contributed by atoms with Crippen LogP contribution in [0.4, 0.5) is 0 Å². The number of hydrogen-bond acceptors (Lipinski definition) is 5. The fourth-order valence-electron chi connectivity index (χ4n) is 2.74. The highest BCUT2D eigenvalue weighted by atomic mass is 16.7. The number of pyridine rings is 1. The molecule has 0 aliphatic heterocycles. The van der Waals surface area contributed by atoms with E-state index in [0.29, 0.717) is 28.7 Å². The molecule has 0 fully saturated rings. The molecule has 0 saturated heterocycles. The lowest BCUT2D eigenvalue weighted by Crippen LogP contribution is -2.04. The van der Waals surface area contributed by atoms with Crippen LogP contribution in [0.3, 0.4) is 0 Å². The SMILES string of the molecule is C=Cc1nc(-c2cccc(C)n2)nc(-c2ccccc2OCOC)c1C=C. The second kappa shape index (κ2) is 8.38. The number of hydrogen-bond donors (Lipinski definition) is 0. The summed E-state index contributed by atoms with van der Waals surface area (Å²) in [4.78, 5) is 14.0. The lowest BCUT2D eigenvalue weighted by atomic mass is 10.0. The Morgan fingerprint density at radius 1 is 0.963 bits per heavy atom. The average molecular weight is 359 g/mol. The van der Waals surface area contributed by atoms with Gasteiger partial charge < -0.3 is 9.47 Å². The maximum absolute atomic E-state index is 5.72. The van der Waals surface area contributed by atoms with Crippen LogP contribution in [0.25, 0.3) is 34.9 Å². The van der Waals surface area contributed by atoms with E-state index in [2.05, 4.69) is 23.1 Å². The zero-order valence-corrected chi connectivity index (χ0v) is 15.5. The Morgan fingerprint density at radius 2 is 1.78 bits per heavy atom. The molecule has 5 heteroatoms. The van der Waals surface area contributed by atoms with Crippen molar-refractivity contribution < 1.29 is 9.47 Å². The van der Waals surface area contributed by atoms with E-state index in [9.17, 15) is 0 Å². The van der Waals surface area contributed by atoms with Crippen molar-refractivity contribution in [3.63, 3.8) is 0 Å². The Labute approximate surface area is 159 Å². The number of para-hydroxylation sites is 1. The Morgan fingerprint density at radius 3 is 2.48 bits per heavy atom. The standard InChI is InChI=1S/C22H21N3O2/c1-5-16-18(6-2)24-22(19-12-9-10-15(3)23-19)25-21(16)17-11-7-8-13-20(17)27-14-26-4/h5-13H,1-2,14H2,3-4H3. The van der Waals surface area contributed by atoms with Gasteiger partial charge in [0.2, 0.25) is 0 Å². The summed E-state index contributed by atoms with van der Waals surface area (Å²) in [7, 11) is 1.58. The topological polar surface area (TPSA) is 57.1 Å². The van der Waals surface area contributed by atoms with E-state index in [1.807, 2.05) is 49.4 Å². The molecule has 0 aliphatic rings. The first kappa shape index (κ1) is 18.5. The molecule has 3 rings (SSSR count). The Kier molecular flexibility index (Phi) is 5.74. The number of aryl methyl sites for hydroxylation is 1. The lowest BCUT2D eigenvalue weighted by Gasteiger charge is -2.15. The van der Waals surface area contributed by atoms with Gasteiger partial charge in [-0.3, -0.25) is 0 Å². The van der Waals surface area contributed by atoms with Gasteiger partial charge in [0, 0.05) is 23.9 Å². The third kappa shape index (κ3) is 3.93. The van der Waals surface area contributed by atoms with Crippen molar-refractivity contribution in [3.8, 4) is 28.5 Å². The van der Waals surface area contributed by atoms with E-state index >= 15 is 0 Å². The van der Waals surface area contributed by atoms with Crippen LogP contribution in [0.1, 0.15) is 17.0 Å². The number of benzene rings is 1. The van der Waals surface area contributed by atoms with Crippen molar-refractivity contribution in [2.45, 2.75) is 6.92 Å². The summed E-state index contributed by atoms with van der Waals surface area (Å²) in [5, 5.41) is 0. The fourth-order valence-corrected chi connectivity index (χ4v) is 2.74. The number of nitrogens with zero attached hydrogens (tertiary/aromatic N) is 3. The minimum Gasteiger partial charge on any atom is -0.467 e. The molecule has 0 atom stereocenters. The summed E-state index contributed by atoms with van der Waals surface area (Å²) in [5.41, 5.74) is 4.60. The Bertz CT molecular complexity index is 983.